The van der Waals surface area contributed by atoms with Gasteiger partial charge in [0, 0.05) is 89.2 Å². The molecule has 0 spiro atoms. The number of benzene rings is 4. The largest absolute Gasteiger partial charge is 0.454 e. The zero-order valence-corrected chi connectivity index (χ0v) is 30.9. The van der Waals surface area contributed by atoms with E-state index in [1.54, 1.807) is 12.1 Å². The van der Waals surface area contributed by atoms with Crippen LogP contribution in [0.4, 0.5) is 22.7 Å². The summed E-state index contributed by atoms with van der Waals surface area (Å²) in [7, 11) is -4.19. The van der Waals surface area contributed by atoms with Crippen LogP contribution in [0.25, 0.3) is 0 Å². The van der Waals surface area contributed by atoms with Crippen molar-refractivity contribution >= 4 is 39.0 Å². The molecule has 0 amide bonds. The van der Waals surface area contributed by atoms with Gasteiger partial charge in [-0.15, -0.1) is 0 Å². The third-order valence-corrected chi connectivity index (χ3v) is 12.1. The summed E-state index contributed by atoms with van der Waals surface area (Å²) in [5.41, 5.74) is 5.24. The maximum Gasteiger partial charge on any atom is 0.293 e. The predicted octanol–water partition coefficient (Wildman–Crippen LogP) is 4.24. The molecule has 0 radical (unpaired) electrons. The molecular formula is C37H38N8O10S. The Morgan fingerprint density at radius 1 is 0.679 bits per heavy atom. The third-order valence-electron chi connectivity index (χ3n) is 10.1. The van der Waals surface area contributed by atoms with E-state index in [4.69, 9.17) is 18.9 Å². The highest BCUT2D eigenvalue weighted by Gasteiger charge is 2.32. The second-order valence-electron chi connectivity index (χ2n) is 13.6. The SMILES string of the molecule is O=[N+]([O-])c1ccc(N/N=C\c2ccc(N3CCN(Cc4ccc5c(c4)OCO5)CC3)c([N+](=O)[O-])c2)c(S(=O)(=O)N2CCN(Cc3ccc4c(c3)OCO4)CC2)c1. The van der Waals surface area contributed by atoms with E-state index in [0.29, 0.717) is 75.1 Å². The van der Waals surface area contributed by atoms with E-state index in [-0.39, 0.29) is 48.6 Å². The standard InChI is InChI=1S/C37H38N8O10S/c46-44(47)29-4-5-30(37(20-29)56(50,51)43-15-11-41(12-16-43)23-28-3-8-34-36(19-28)55-25-53-34)39-38-21-26-1-6-31(32(17-26)45(48)49)42-13-9-40(10-14-42)22-27-2-7-33-35(18-27)54-24-52-33/h1-8,17-21,39H,9-16,22-25H2/b38-21-. The number of nitrogens with one attached hydrogen (secondary N) is 1. The Labute approximate surface area is 321 Å². The van der Waals surface area contributed by atoms with Gasteiger partial charge < -0.3 is 23.8 Å². The maximum atomic E-state index is 13.9. The molecule has 4 aromatic rings. The Kier molecular flexibility index (Phi) is 10.3. The minimum atomic E-state index is -4.19. The molecule has 19 heteroatoms. The van der Waals surface area contributed by atoms with Gasteiger partial charge >= 0.3 is 0 Å². The monoisotopic (exact) mass is 786 g/mol. The summed E-state index contributed by atoms with van der Waals surface area (Å²) in [6.45, 7) is 5.50. The van der Waals surface area contributed by atoms with Gasteiger partial charge in [-0.3, -0.25) is 35.5 Å². The van der Waals surface area contributed by atoms with Crippen LogP contribution in [0.5, 0.6) is 23.0 Å². The van der Waals surface area contributed by atoms with Gasteiger partial charge in [0.05, 0.1) is 21.7 Å². The van der Waals surface area contributed by atoms with Crippen molar-refractivity contribution in [3.8, 4) is 23.0 Å². The molecule has 0 saturated carbocycles. The average Bonchev–Trinajstić information content (AvgIpc) is 3.88. The molecule has 0 atom stereocenters. The average molecular weight is 787 g/mol. The van der Waals surface area contributed by atoms with Crippen molar-refractivity contribution in [2.24, 2.45) is 5.10 Å². The van der Waals surface area contributed by atoms with Crippen molar-refractivity contribution in [2.45, 2.75) is 18.0 Å². The number of ether oxygens (including phenoxy) is 4. The number of hydrogen-bond donors (Lipinski definition) is 1. The number of rotatable bonds is 12. The molecule has 4 aliphatic rings. The quantitative estimate of drug-likeness (QED) is 0.122. The lowest BCUT2D eigenvalue weighted by Gasteiger charge is -2.35. The number of piperazine rings is 2. The summed E-state index contributed by atoms with van der Waals surface area (Å²) in [5.74, 6) is 2.82. The summed E-state index contributed by atoms with van der Waals surface area (Å²) in [6.07, 6.45) is 1.34. The highest BCUT2D eigenvalue weighted by molar-refractivity contribution is 7.89. The van der Waals surface area contributed by atoms with E-state index in [2.05, 4.69) is 20.3 Å². The van der Waals surface area contributed by atoms with E-state index in [0.717, 1.165) is 28.7 Å². The molecule has 2 fully saturated rings. The minimum absolute atomic E-state index is 0.0272. The summed E-state index contributed by atoms with van der Waals surface area (Å²) in [4.78, 5) is 28.9. The topological polar surface area (TPSA) is 195 Å². The van der Waals surface area contributed by atoms with Gasteiger partial charge in [0.1, 0.15) is 10.6 Å². The molecule has 56 heavy (non-hydrogen) atoms. The van der Waals surface area contributed by atoms with Crippen LogP contribution in [0.15, 0.2) is 82.8 Å². The van der Waals surface area contributed by atoms with Crippen LogP contribution in [0.3, 0.4) is 0 Å². The van der Waals surface area contributed by atoms with Gasteiger partial charge in [0.2, 0.25) is 23.6 Å². The van der Waals surface area contributed by atoms with E-state index >= 15 is 0 Å². The van der Waals surface area contributed by atoms with Crippen molar-refractivity contribution < 1.29 is 37.2 Å². The molecule has 2 saturated heterocycles. The van der Waals surface area contributed by atoms with E-state index in [1.165, 1.54) is 28.7 Å². The molecule has 292 valence electrons. The summed E-state index contributed by atoms with van der Waals surface area (Å²) in [5, 5.41) is 28.1. The van der Waals surface area contributed by atoms with Gasteiger partial charge in [-0.05, 0) is 47.5 Å². The van der Waals surface area contributed by atoms with Crippen LogP contribution in [0.1, 0.15) is 16.7 Å². The lowest BCUT2D eigenvalue weighted by Crippen LogP contribution is -2.48. The first-order valence-corrected chi connectivity index (χ1v) is 19.4. The van der Waals surface area contributed by atoms with Gasteiger partial charge in [-0.2, -0.15) is 9.41 Å². The molecule has 0 aromatic heterocycles. The predicted molar refractivity (Wildman–Crippen MR) is 204 cm³/mol. The number of fused-ring (bicyclic) bond motifs is 2. The van der Waals surface area contributed by atoms with Crippen molar-refractivity contribution in [2.75, 3.05) is 76.3 Å². The molecule has 0 bridgehead atoms. The van der Waals surface area contributed by atoms with Gasteiger partial charge in [0.15, 0.2) is 23.0 Å². The molecule has 8 rings (SSSR count). The van der Waals surface area contributed by atoms with E-state index < -0.39 is 19.9 Å². The van der Waals surface area contributed by atoms with Crippen LogP contribution in [0, 0.1) is 20.2 Å². The summed E-state index contributed by atoms with van der Waals surface area (Å²) >= 11 is 0. The fourth-order valence-electron chi connectivity index (χ4n) is 7.15. The van der Waals surface area contributed by atoms with Gasteiger partial charge in [-0.25, -0.2) is 8.42 Å². The normalized spacial score (nSPS) is 17.4. The molecule has 4 aromatic carbocycles. The zero-order chi connectivity index (χ0) is 38.8. The number of sulfonamides is 1. The first kappa shape index (κ1) is 36.9. The van der Waals surface area contributed by atoms with E-state index in [9.17, 15) is 28.6 Å². The Balaban J connectivity index is 0.914. The fraction of sp³-hybridized carbons (Fsp3) is 0.324. The Morgan fingerprint density at radius 2 is 1.27 bits per heavy atom. The minimum Gasteiger partial charge on any atom is -0.454 e. The maximum absolute atomic E-state index is 13.9. The van der Waals surface area contributed by atoms with Crippen LogP contribution < -0.4 is 29.3 Å². The van der Waals surface area contributed by atoms with Gasteiger partial charge in [-0.1, -0.05) is 18.2 Å². The van der Waals surface area contributed by atoms with Crippen LogP contribution in [-0.4, -0.2) is 105 Å². The number of nitrogens with zero attached hydrogens (tertiary/aromatic N) is 7. The lowest BCUT2D eigenvalue weighted by molar-refractivity contribution is -0.385. The number of non-ortho nitro benzene ring substituents is 1. The van der Waals surface area contributed by atoms with Crippen LogP contribution in [-0.2, 0) is 23.1 Å². The highest BCUT2D eigenvalue weighted by Crippen LogP contribution is 2.35. The number of nitro benzene ring substituents is 2. The molecule has 0 aliphatic carbocycles. The first-order valence-electron chi connectivity index (χ1n) is 17.9. The second kappa shape index (κ2) is 15.6. The number of anilines is 2. The van der Waals surface area contributed by atoms with Crippen molar-refractivity contribution in [1.29, 1.82) is 0 Å². The second-order valence-corrected chi connectivity index (χ2v) is 15.5. The first-order chi connectivity index (χ1) is 27.1. The molecule has 4 heterocycles. The molecule has 0 unspecified atom stereocenters. The van der Waals surface area contributed by atoms with Gasteiger partial charge in [0.25, 0.3) is 11.4 Å². The Bertz CT molecular complexity index is 2290. The molecule has 4 aliphatic heterocycles. The number of nitro groups is 2. The third kappa shape index (κ3) is 7.87. The molecule has 18 nitrogen and oxygen atoms in total. The Morgan fingerprint density at radius 3 is 1.86 bits per heavy atom. The van der Waals surface area contributed by atoms with E-state index in [1.807, 2.05) is 41.3 Å². The summed E-state index contributed by atoms with van der Waals surface area (Å²) < 4.78 is 50.9. The number of hydrogen-bond acceptors (Lipinski definition) is 15. The molecule has 1 N–H and O–H groups in total. The van der Waals surface area contributed by atoms with Crippen LogP contribution >= 0.6 is 0 Å². The summed E-state index contributed by atoms with van der Waals surface area (Å²) in [6, 6.07) is 19.9. The highest BCUT2D eigenvalue weighted by atomic mass is 32.2. The lowest BCUT2D eigenvalue weighted by atomic mass is 10.1. The van der Waals surface area contributed by atoms with Crippen LogP contribution in [0.2, 0.25) is 0 Å². The molecular weight excluding hydrogens is 749 g/mol. The van der Waals surface area contributed by atoms with Crippen molar-refractivity contribution in [1.82, 2.24) is 14.1 Å². The van der Waals surface area contributed by atoms with Crippen molar-refractivity contribution in [3.63, 3.8) is 0 Å². The smallest absolute Gasteiger partial charge is 0.293 e. The zero-order valence-electron chi connectivity index (χ0n) is 30.1. The Hall–Kier alpha value is -6.02. The number of hydrazone groups is 1. The fourth-order valence-corrected chi connectivity index (χ4v) is 8.73. The van der Waals surface area contributed by atoms with Crippen molar-refractivity contribution in [3.05, 3.63) is 110 Å².